The first kappa shape index (κ1) is 14.2. The summed E-state index contributed by atoms with van der Waals surface area (Å²) in [5.74, 6) is -0.232. The zero-order valence-corrected chi connectivity index (χ0v) is 10.2. The number of benzene rings is 2. The van der Waals surface area contributed by atoms with Gasteiger partial charge in [0, 0.05) is 0 Å². The van der Waals surface area contributed by atoms with Crippen molar-refractivity contribution in [3.63, 3.8) is 0 Å². The highest BCUT2D eigenvalue weighted by Crippen LogP contribution is 2.30. The van der Waals surface area contributed by atoms with Crippen molar-refractivity contribution in [3.05, 3.63) is 59.4 Å². The minimum Gasteiger partial charge on any atom is -0.489 e. The highest BCUT2D eigenvalue weighted by Gasteiger charge is 2.29. The first-order chi connectivity index (χ1) is 9.36. The number of nitrogen functional groups attached to an aromatic ring is 1. The number of rotatable bonds is 3. The molecule has 2 N–H and O–H groups in total. The molecule has 2 aromatic carbocycles. The number of alkyl halides is 3. The average Bonchev–Trinajstić information content (AvgIpc) is 2.40. The molecule has 0 aromatic heterocycles. The third kappa shape index (κ3) is 3.40. The van der Waals surface area contributed by atoms with Gasteiger partial charge in [0.15, 0.2) is 0 Å². The van der Waals surface area contributed by atoms with Crippen LogP contribution in [0.15, 0.2) is 42.5 Å². The van der Waals surface area contributed by atoms with Crippen LogP contribution < -0.4 is 10.5 Å². The Bertz CT molecular complexity index is 593. The highest BCUT2D eigenvalue weighted by atomic mass is 19.4. The van der Waals surface area contributed by atoms with Gasteiger partial charge in [-0.25, -0.2) is 4.39 Å². The van der Waals surface area contributed by atoms with E-state index in [9.17, 15) is 17.6 Å². The van der Waals surface area contributed by atoms with E-state index in [1.165, 1.54) is 30.3 Å². The molecule has 0 bridgehead atoms. The molecule has 106 valence electrons. The summed E-state index contributed by atoms with van der Waals surface area (Å²) < 4.78 is 55.3. The van der Waals surface area contributed by atoms with Crippen molar-refractivity contribution >= 4 is 5.69 Å². The summed E-state index contributed by atoms with van der Waals surface area (Å²) in [7, 11) is 0. The fraction of sp³-hybridized carbons (Fsp3) is 0.143. The van der Waals surface area contributed by atoms with Crippen molar-refractivity contribution in [1.82, 2.24) is 0 Å². The Morgan fingerprint density at radius 2 is 1.65 bits per heavy atom. The maximum Gasteiger partial charge on any atom is 0.416 e. The lowest BCUT2D eigenvalue weighted by atomic mass is 10.2. The normalized spacial score (nSPS) is 11.4. The molecule has 20 heavy (non-hydrogen) atoms. The Labute approximate surface area is 112 Å². The lowest BCUT2D eigenvalue weighted by molar-refractivity contribution is -0.137. The van der Waals surface area contributed by atoms with Crippen LogP contribution in [0.2, 0.25) is 0 Å². The van der Waals surface area contributed by atoms with Crippen LogP contribution in [0.25, 0.3) is 0 Å². The average molecular weight is 285 g/mol. The van der Waals surface area contributed by atoms with Crippen molar-refractivity contribution in [2.75, 3.05) is 5.73 Å². The van der Waals surface area contributed by atoms with Gasteiger partial charge in [0.1, 0.15) is 18.2 Å². The maximum absolute atomic E-state index is 12.9. The van der Waals surface area contributed by atoms with Crippen molar-refractivity contribution in [2.24, 2.45) is 0 Å². The molecule has 0 radical (unpaired) electrons. The number of hydrogen-bond donors (Lipinski definition) is 1. The van der Waals surface area contributed by atoms with Crippen molar-refractivity contribution < 1.29 is 22.3 Å². The second-order valence-corrected chi connectivity index (χ2v) is 4.17. The van der Waals surface area contributed by atoms with E-state index in [2.05, 4.69) is 0 Å². The molecular weight excluding hydrogens is 274 g/mol. The van der Waals surface area contributed by atoms with E-state index in [-0.39, 0.29) is 12.3 Å². The minimum absolute atomic E-state index is 0.00137. The Kier molecular flexibility index (Phi) is 3.83. The summed E-state index contributed by atoms with van der Waals surface area (Å²) in [6.07, 6.45) is -4.37. The molecular formula is C14H11F4NO. The lowest BCUT2D eigenvalue weighted by Crippen LogP contribution is -2.04. The zero-order valence-electron chi connectivity index (χ0n) is 10.2. The molecule has 0 unspecified atom stereocenters. The molecule has 0 aliphatic heterocycles. The highest BCUT2D eigenvalue weighted by molar-refractivity contribution is 5.42. The Morgan fingerprint density at radius 1 is 1.00 bits per heavy atom. The first-order valence-electron chi connectivity index (χ1n) is 5.70. The molecule has 2 rings (SSSR count). The summed E-state index contributed by atoms with van der Waals surface area (Å²) in [4.78, 5) is 0. The Balaban J connectivity index is 2.02. The molecule has 0 saturated heterocycles. The maximum atomic E-state index is 12.9. The lowest BCUT2D eigenvalue weighted by Gasteiger charge is -2.09. The van der Waals surface area contributed by atoms with E-state index in [0.717, 1.165) is 12.1 Å². The second-order valence-electron chi connectivity index (χ2n) is 4.17. The van der Waals surface area contributed by atoms with Crippen LogP contribution in [0.4, 0.5) is 23.2 Å². The van der Waals surface area contributed by atoms with Gasteiger partial charge in [-0.3, -0.25) is 0 Å². The quantitative estimate of drug-likeness (QED) is 0.683. The molecule has 2 aromatic rings. The van der Waals surface area contributed by atoms with E-state index >= 15 is 0 Å². The number of halogens is 4. The van der Waals surface area contributed by atoms with Gasteiger partial charge >= 0.3 is 6.18 Å². The monoisotopic (exact) mass is 285 g/mol. The van der Waals surface area contributed by atoms with Crippen LogP contribution in [0.3, 0.4) is 0 Å². The van der Waals surface area contributed by atoms with Gasteiger partial charge in [0.25, 0.3) is 0 Å². The topological polar surface area (TPSA) is 35.2 Å². The van der Waals surface area contributed by atoms with E-state index in [1.807, 2.05) is 0 Å². The smallest absolute Gasteiger partial charge is 0.416 e. The van der Waals surface area contributed by atoms with Gasteiger partial charge in [-0.1, -0.05) is 6.07 Å². The van der Waals surface area contributed by atoms with Crippen molar-refractivity contribution in [1.29, 1.82) is 0 Å². The minimum atomic E-state index is -4.37. The first-order valence-corrected chi connectivity index (χ1v) is 5.70. The summed E-state index contributed by atoms with van der Waals surface area (Å²) in [5.41, 5.74) is 5.29. The summed E-state index contributed by atoms with van der Waals surface area (Å²) in [6.45, 7) is 0.0931. The van der Waals surface area contributed by atoms with Gasteiger partial charge in [0.2, 0.25) is 0 Å². The van der Waals surface area contributed by atoms with E-state index in [1.54, 1.807) is 0 Å². The molecule has 0 amide bonds. The van der Waals surface area contributed by atoms with Crippen LogP contribution >= 0.6 is 0 Å². The second kappa shape index (κ2) is 5.40. The zero-order chi connectivity index (χ0) is 14.8. The molecule has 2 nitrogen and oxygen atoms in total. The molecule has 0 aliphatic rings. The molecule has 0 saturated carbocycles. The predicted octanol–water partition coefficient (Wildman–Crippen LogP) is 4.01. The predicted molar refractivity (Wildman–Crippen MR) is 66.6 cm³/mol. The van der Waals surface area contributed by atoms with E-state index in [0.29, 0.717) is 11.3 Å². The summed E-state index contributed by atoms with van der Waals surface area (Å²) in [5, 5.41) is 0. The van der Waals surface area contributed by atoms with Gasteiger partial charge in [0.05, 0.1) is 11.3 Å². The fourth-order valence-electron chi connectivity index (χ4n) is 1.59. The van der Waals surface area contributed by atoms with Gasteiger partial charge < -0.3 is 10.5 Å². The largest absolute Gasteiger partial charge is 0.489 e. The standard InChI is InChI=1S/C14H11F4NO/c15-12-6-1-9(7-13(12)19)8-20-11-4-2-10(3-5-11)14(16,17)18/h1-7H,8,19H2. The molecule has 0 spiro atoms. The summed E-state index contributed by atoms with van der Waals surface area (Å²) >= 11 is 0. The molecule has 0 fully saturated rings. The van der Waals surface area contributed by atoms with Crippen molar-refractivity contribution in [3.8, 4) is 5.75 Å². The number of hydrogen-bond acceptors (Lipinski definition) is 2. The van der Waals surface area contributed by atoms with Gasteiger partial charge in [-0.05, 0) is 42.0 Å². The van der Waals surface area contributed by atoms with Crippen LogP contribution in [0.1, 0.15) is 11.1 Å². The van der Waals surface area contributed by atoms with E-state index in [4.69, 9.17) is 10.5 Å². The van der Waals surface area contributed by atoms with Crippen LogP contribution in [-0.2, 0) is 12.8 Å². The van der Waals surface area contributed by atoms with Crippen molar-refractivity contribution in [2.45, 2.75) is 12.8 Å². The van der Waals surface area contributed by atoms with Crippen LogP contribution in [-0.4, -0.2) is 0 Å². The molecule has 6 heteroatoms. The molecule has 0 aliphatic carbocycles. The van der Waals surface area contributed by atoms with Gasteiger partial charge in [-0.15, -0.1) is 0 Å². The van der Waals surface area contributed by atoms with Gasteiger partial charge in [-0.2, -0.15) is 13.2 Å². The number of ether oxygens (including phenoxy) is 1. The Hall–Kier alpha value is -2.24. The summed E-state index contributed by atoms with van der Waals surface area (Å²) in [6, 6.07) is 8.46. The number of anilines is 1. The third-order valence-electron chi connectivity index (χ3n) is 2.65. The molecule has 0 heterocycles. The fourth-order valence-corrected chi connectivity index (χ4v) is 1.59. The SMILES string of the molecule is Nc1cc(COc2ccc(C(F)(F)F)cc2)ccc1F. The molecule has 0 atom stereocenters. The Morgan fingerprint density at radius 3 is 2.20 bits per heavy atom. The van der Waals surface area contributed by atoms with Crippen LogP contribution in [0, 0.1) is 5.82 Å². The van der Waals surface area contributed by atoms with E-state index < -0.39 is 17.6 Å². The third-order valence-corrected chi connectivity index (χ3v) is 2.65. The number of nitrogens with two attached hydrogens (primary N) is 1. The van der Waals surface area contributed by atoms with Crippen LogP contribution in [0.5, 0.6) is 5.75 Å².